The molecule has 0 amide bonds. The van der Waals surface area contributed by atoms with Gasteiger partial charge in [0, 0.05) is 24.5 Å². The molecule has 0 aliphatic carbocycles. The number of nitrogen functional groups attached to an aromatic ring is 1. The number of rotatable bonds is 3. The molecule has 1 atom stereocenters. The third-order valence-corrected chi connectivity index (χ3v) is 4.65. The Morgan fingerprint density at radius 3 is 3.09 bits per heavy atom. The number of fused-ring (bicyclic) bond motifs is 1. The number of benzene rings is 1. The highest BCUT2D eigenvalue weighted by molar-refractivity contribution is 5.79. The van der Waals surface area contributed by atoms with Gasteiger partial charge in [0.25, 0.3) is 0 Å². The molecule has 3 heterocycles. The predicted molar refractivity (Wildman–Crippen MR) is 91.7 cm³/mol. The first kappa shape index (κ1) is 14.2. The number of hydrogen-bond acceptors (Lipinski definition) is 4. The van der Waals surface area contributed by atoms with Gasteiger partial charge in [0.05, 0.1) is 11.7 Å². The topological polar surface area (TPSA) is 70.8 Å². The number of nitrogens with one attached hydrogen (secondary N) is 1. The lowest BCUT2D eigenvalue weighted by Gasteiger charge is -2.35. The van der Waals surface area contributed by atoms with E-state index in [0.29, 0.717) is 12.0 Å². The summed E-state index contributed by atoms with van der Waals surface area (Å²) in [5, 5.41) is 1.27. The first-order valence-electron chi connectivity index (χ1n) is 8.18. The van der Waals surface area contributed by atoms with Crippen molar-refractivity contribution in [2.75, 3.05) is 12.3 Å². The van der Waals surface area contributed by atoms with E-state index in [1.54, 1.807) is 6.20 Å². The zero-order valence-electron chi connectivity index (χ0n) is 13.1. The average molecular weight is 307 g/mol. The molecule has 1 aliphatic heterocycles. The second-order valence-corrected chi connectivity index (χ2v) is 6.22. The molecular weight excluding hydrogens is 286 g/mol. The summed E-state index contributed by atoms with van der Waals surface area (Å²) >= 11 is 0. The molecule has 1 aliphatic rings. The number of aromatic amines is 1. The van der Waals surface area contributed by atoms with Crippen LogP contribution in [0.4, 0.5) is 5.95 Å². The minimum atomic E-state index is 0.330. The largest absolute Gasteiger partial charge is 0.368 e. The standard InChI is InChI=1S/C18H21N5/c19-18-21-9-7-16(22-18)17-3-1-2-10-23(17)12-13-4-5-15-14(11-13)6-8-20-15/h4-9,11,17,20H,1-3,10,12H2,(H2,19,21,22)/t17-/m0/s1. The van der Waals surface area contributed by atoms with E-state index in [1.165, 1.54) is 29.3 Å². The number of H-pyrrole nitrogens is 1. The number of anilines is 1. The molecule has 0 unspecified atom stereocenters. The lowest BCUT2D eigenvalue weighted by Crippen LogP contribution is -2.33. The van der Waals surface area contributed by atoms with Crippen molar-refractivity contribution in [1.29, 1.82) is 0 Å². The maximum absolute atomic E-state index is 5.77. The number of likely N-dealkylation sites (tertiary alicyclic amines) is 1. The van der Waals surface area contributed by atoms with Crippen molar-refractivity contribution in [2.24, 2.45) is 0 Å². The van der Waals surface area contributed by atoms with Crippen LogP contribution in [0.3, 0.4) is 0 Å². The van der Waals surface area contributed by atoms with Crippen LogP contribution in [0.5, 0.6) is 0 Å². The fourth-order valence-corrected chi connectivity index (χ4v) is 3.52. The quantitative estimate of drug-likeness (QED) is 0.779. The van der Waals surface area contributed by atoms with Gasteiger partial charge in [0.15, 0.2) is 0 Å². The summed E-state index contributed by atoms with van der Waals surface area (Å²) < 4.78 is 0. The molecule has 1 aromatic carbocycles. The summed E-state index contributed by atoms with van der Waals surface area (Å²) in [5.74, 6) is 0.363. The van der Waals surface area contributed by atoms with E-state index in [4.69, 9.17) is 5.73 Å². The van der Waals surface area contributed by atoms with Gasteiger partial charge in [-0.15, -0.1) is 0 Å². The van der Waals surface area contributed by atoms with E-state index in [0.717, 1.165) is 25.2 Å². The predicted octanol–water partition coefficient (Wildman–Crippen LogP) is 3.27. The SMILES string of the molecule is Nc1nccc([C@@H]2CCCCN2Cc2ccc3[nH]ccc3c2)n1. The minimum absolute atomic E-state index is 0.330. The van der Waals surface area contributed by atoms with Crippen molar-refractivity contribution in [2.45, 2.75) is 31.8 Å². The normalized spacial score (nSPS) is 19.2. The van der Waals surface area contributed by atoms with Gasteiger partial charge in [-0.25, -0.2) is 9.97 Å². The molecule has 0 spiro atoms. The van der Waals surface area contributed by atoms with E-state index < -0.39 is 0 Å². The molecule has 0 saturated carbocycles. The van der Waals surface area contributed by atoms with Crippen LogP contribution in [0.15, 0.2) is 42.7 Å². The summed E-state index contributed by atoms with van der Waals surface area (Å²) in [6, 6.07) is 11.1. The van der Waals surface area contributed by atoms with Gasteiger partial charge in [-0.2, -0.15) is 0 Å². The second-order valence-electron chi connectivity index (χ2n) is 6.22. The third-order valence-electron chi connectivity index (χ3n) is 4.65. The van der Waals surface area contributed by atoms with Crippen molar-refractivity contribution < 1.29 is 0 Å². The Kier molecular flexibility index (Phi) is 3.71. The molecule has 0 radical (unpaired) electrons. The molecule has 1 fully saturated rings. The van der Waals surface area contributed by atoms with Crippen LogP contribution in [-0.4, -0.2) is 26.4 Å². The van der Waals surface area contributed by atoms with E-state index in [-0.39, 0.29) is 0 Å². The van der Waals surface area contributed by atoms with Crippen LogP contribution in [0.1, 0.15) is 36.6 Å². The van der Waals surface area contributed by atoms with Crippen molar-refractivity contribution >= 4 is 16.9 Å². The smallest absolute Gasteiger partial charge is 0.220 e. The van der Waals surface area contributed by atoms with Crippen LogP contribution < -0.4 is 5.73 Å². The minimum Gasteiger partial charge on any atom is -0.368 e. The first-order valence-corrected chi connectivity index (χ1v) is 8.18. The van der Waals surface area contributed by atoms with Gasteiger partial charge in [0.1, 0.15) is 0 Å². The first-order chi connectivity index (χ1) is 11.3. The summed E-state index contributed by atoms with van der Waals surface area (Å²) in [4.78, 5) is 14.2. The van der Waals surface area contributed by atoms with Gasteiger partial charge < -0.3 is 10.7 Å². The van der Waals surface area contributed by atoms with Crippen molar-refractivity contribution in [1.82, 2.24) is 19.9 Å². The number of hydrogen-bond donors (Lipinski definition) is 2. The lowest BCUT2D eigenvalue weighted by molar-refractivity contribution is 0.137. The Bertz CT molecular complexity index is 810. The van der Waals surface area contributed by atoms with E-state index in [1.807, 2.05) is 12.3 Å². The Balaban J connectivity index is 1.59. The van der Waals surface area contributed by atoms with E-state index in [9.17, 15) is 0 Å². The van der Waals surface area contributed by atoms with Crippen LogP contribution in [-0.2, 0) is 6.54 Å². The summed E-state index contributed by atoms with van der Waals surface area (Å²) in [6.07, 6.45) is 7.35. The molecule has 23 heavy (non-hydrogen) atoms. The Morgan fingerprint density at radius 2 is 2.17 bits per heavy atom. The highest BCUT2D eigenvalue weighted by atomic mass is 15.2. The molecule has 1 saturated heterocycles. The van der Waals surface area contributed by atoms with Gasteiger partial charge in [0.2, 0.25) is 5.95 Å². The number of piperidine rings is 1. The second kappa shape index (κ2) is 6.01. The molecule has 3 N–H and O–H groups in total. The molecule has 4 rings (SSSR count). The maximum Gasteiger partial charge on any atom is 0.220 e. The van der Waals surface area contributed by atoms with E-state index in [2.05, 4.69) is 44.1 Å². The van der Waals surface area contributed by atoms with Crippen molar-refractivity contribution in [3.63, 3.8) is 0 Å². The number of nitrogens with two attached hydrogens (primary N) is 1. The maximum atomic E-state index is 5.77. The number of aromatic nitrogens is 3. The molecule has 5 nitrogen and oxygen atoms in total. The highest BCUT2D eigenvalue weighted by Gasteiger charge is 2.25. The zero-order valence-corrected chi connectivity index (χ0v) is 13.1. The van der Waals surface area contributed by atoms with E-state index >= 15 is 0 Å². The molecule has 3 aromatic rings. The van der Waals surface area contributed by atoms with Crippen molar-refractivity contribution in [3.05, 3.63) is 54.0 Å². The van der Waals surface area contributed by atoms with Gasteiger partial charge in [-0.3, -0.25) is 4.90 Å². The zero-order chi connectivity index (χ0) is 15.6. The summed E-state index contributed by atoms with van der Waals surface area (Å²) in [7, 11) is 0. The van der Waals surface area contributed by atoms with Gasteiger partial charge in [-0.05, 0) is 54.6 Å². The third kappa shape index (κ3) is 2.92. The molecular formula is C18H21N5. The van der Waals surface area contributed by atoms with Crippen LogP contribution in [0.2, 0.25) is 0 Å². The monoisotopic (exact) mass is 307 g/mol. The Morgan fingerprint density at radius 1 is 1.22 bits per heavy atom. The van der Waals surface area contributed by atoms with Gasteiger partial charge in [-0.1, -0.05) is 12.5 Å². The molecule has 0 bridgehead atoms. The summed E-state index contributed by atoms with van der Waals surface area (Å²) in [6.45, 7) is 2.04. The van der Waals surface area contributed by atoms with Gasteiger partial charge >= 0.3 is 0 Å². The Labute approximate surface area is 135 Å². The molecule has 118 valence electrons. The molecule has 5 heteroatoms. The average Bonchev–Trinajstić information content (AvgIpc) is 3.03. The van der Waals surface area contributed by atoms with Crippen LogP contribution in [0, 0.1) is 0 Å². The highest BCUT2D eigenvalue weighted by Crippen LogP contribution is 2.31. The lowest BCUT2D eigenvalue weighted by atomic mass is 9.98. The summed E-state index contributed by atoms with van der Waals surface area (Å²) in [5.41, 5.74) is 9.34. The van der Waals surface area contributed by atoms with Crippen LogP contribution >= 0.6 is 0 Å². The number of nitrogens with zero attached hydrogens (tertiary/aromatic N) is 3. The fourth-order valence-electron chi connectivity index (χ4n) is 3.52. The van der Waals surface area contributed by atoms with Crippen molar-refractivity contribution in [3.8, 4) is 0 Å². The Hall–Kier alpha value is -2.40. The molecule has 2 aromatic heterocycles. The fraction of sp³-hybridized carbons (Fsp3) is 0.333. The van der Waals surface area contributed by atoms with Crippen LogP contribution in [0.25, 0.3) is 10.9 Å².